The Hall–Kier alpha value is -4.52. The van der Waals surface area contributed by atoms with E-state index >= 15 is 0 Å². The van der Waals surface area contributed by atoms with E-state index in [0.29, 0.717) is 27.9 Å². The van der Waals surface area contributed by atoms with Gasteiger partial charge in [0.25, 0.3) is 0 Å². The molecule has 1 aliphatic rings. The van der Waals surface area contributed by atoms with Crippen molar-refractivity contribution in [2.75, 3.05) is 19.3 Å². The first-order valence-corrected chi connectivity index (χ1v) is 16.4. The van der Waals surface area contributed by atoms with Crippen molar-refractivity contribution in [1.29, 1.82) is 0 Å². The first kappa shape index (κ1) is 28.3. The molecule has 0 unspecified atom stereocenters. The van der Waals surface area contributed by atoms with Crippen molar-refractivity contribution in [3.63, 3.8) is 0 Å². The highest BCUT2D eigenvalue weighted by atomic mass is 32.2. The van der Waals surface area contributed by atoms with Crippen molar-refractivity contribution in [2.45, 2.75) is 32.4 Å². The standard InChI is InChI=1S/C32H31FN8O2S/c1-44(42,43)36-15-20-9-22(12-24(33)11-20)26-17-35-18-30-25(26)13-29(37-30)32-31-28(39-40-32)6-5-27(38-31)23-10-21(14-34-16-23)19-41-7-3-2-4-8-41/h5-6,9-14,16-18,36-37H,2-4,7-8,15,19H2,1H3,(H,39,40). The molecule has 1 fully saturated rings. The fraction of sp³-hybridized carbons (Fsp3) is 0.250. The summed E-state index contributed by atoms with van der Waals surface area (Å²) in [5.41, 5.74) is 8.36. The molecule has 0 radical (unpaired) electrons. The number of sulfonamides is 1. The van der Waals surface area contributed by atoms with Gasteiger partial charge < -0.3 is 4.98 Å². The Labute approximate surface area is 253 Å². The van der Waals surface area contributed by atoms with E-state index in [1.54, 1.807) is 18.5 Å². The number of nitrogens with one attached hydrogen (secondary N) is 3. The summed E-state index contributed by atoms with van der Waals surface area (Å²) >= 11 is 0. The molecule has 1 aliphatic heterocycles. The zero-order valence-electron chi connectivity index (χ0n) is 24.1. The highest BCUT2D eigenvalue weighted by Crippen LogP contribution is 2.34. The van der Waals surface area contributed by atoms with E-state index in [2.05, 4.69) is 40.8 Å². The Bertz CT molecular complexity index is 2100. The van der Waals surface area contributed by atoms with Crippen LogP contribution in [0, 0.1) is 5.82 Å². The number of aromatic amines is 2. The van der Waals surface area contributed by atoms with Crippen LogP contribution in [0.15, 0.2) is 67.3 Å². The molecule has 0 spiro atoms. The summed E-state index contributed by atoms with van der Waals surface area (Å²) in [5.74, 6) is -0.468. The van der Waals surface area contributed by atoms with Crippen LogP contribution < -0.4 is 4.72 Å². The van der Waals surface area contributed by atoms with Gasteiger partial charge in [0, 0.05) is 48.2 Å². The van der Waals surface area contributed by atoms with Gasteiger partial charge in [-0.1, -0.05) is 6.42 Å². The zero-order valence-corrected chi connectivity index (χ0v) is 25.0. The maximum absolute atomic E-state index is 14.6. The van der Waals surface area contributed by atoms with Gasteiger partial charge in [0.2, 0.25) is 10.0 Å². The number of pyridine rings is 3. The lowest BCUT2D eigenvalue weighted by atomic mass is 10.0. The number of piperidine rings is 1. The lowest BCUT2D eigenvalue weighted by Gasteiger charge is -2.26. The van der Waals surface area contributed by atoms with Crippen molar-refractivity contribution >= 4 is 32.0 Å². The second-order valence-corrected chi connectivity index (χ2v) is 13.2. The average molecular weight is 611 g/mol. The van der Waals surface area contributed by atoms with Crippen LogP contribution >= 0.6 is 0 Å². The van der Waals surface area contributed by atoms with Gasteiger partial charge >= 0.3 is 0 Å². The topological polar surface area (TPSA) is 133 Å². The van der Waals surface area contributed by atoms with Crippen LogP contribution in [0.2, 0.25) is 0 Å². The molecule has 0 bridgehead atoms. The molecule has 44 heavy (non-hydrogen) atoms. The SMILES string of the molecule is CS(=O)(=O)NCc1cc(F)cc(-c2cncc3[nH]c(-c4n[nH]c5ccc(-c6cncc(CN7CCCCC7)c6)nc45)cc23)c1. The second kappa shape index (κ2) is 11.5. The van der Waals surface area contributed by atoms with Gasteiger partial charge in [-0.25, -0.2) is 22.5 Å². The molecule has 7 rings (SSSR count). The highest BCUT2D eigenvalue weighted by Gasteiger charge is 2.17. The van der Waals surface area contributed by atoms with Crippen molar-refractivity contribution in [1.82, 2.24) is 39.8 Å². The summed E-state index contributed by atoms with van der Waals surface area (Å²) in [5, 5.41) is 8.49. The van der Waals surface area contributed by atoms with Gasteiger partial charge in [0.1, 0.15) is 17.0 Å². The summed E-state index contributed by atoms with van der Waals surface area (Å²) in [6.45, 7) is 3.10. The van der Waals surface area contributed by atoms with Gasteiger partial charge in [-0.05, 0) is 85.1 Å². The van der Waals surface area contributed by atoms with E-state index < -0.39 is 15.8 Å². The minimum absolute atomic E-state index is 0.0185. The van der Waals surface area contributed by atoms with E-state index in [1.807, 2.05) is 30.6 Å². The third kappa shape index (κ3) is 5.96. The van der Waals surface area contributed by atoms with Crippen LogP contribution in [0.3, 0.4) is 0 Å². The van der Waals surface area contributed by atoms with Crippen LogP contribution in [0.25, 0.3) is 55.7 Å². The summed E-state index contributed by atoms with van der Waals surface area (Å²) in [4.78, 5) is 19.8. The van der Waals surface area contributed by atoms with Crippen LogP contribution in [-0.4, -0.2) is 62.8 Å². The number of benzene rings is 1. The van der Waals surface area contributed by atoms with Crippen molar-refractivity contribution < 1.29 is 12.8 Å². The molecular weight excluding hydrogens is 579 g/mol. The first-order chi connectivity index (χ1) is 21.3. The normalized spacial score (nSPS) is 14.5. The van der Waals surface area contributed by atoms with Crippen LogP contribution in [0.4, 0.5) is 4.39 Å². The molecule has 6 heterocycles. The maximum Gasteiger partial charge on any atom is 0.209 e. The fourth-order valence-electron chi connectivity index (χ4n) is 5.87. The number of halogens is 1. The summed E-state index contributed by atoms with van der Waals surface area (Å²) in [6.07, 6.45) is 12.0. The average Bonchev–Trinajstić information content (AvgIpc) is 3.64. The van der Waals surface area contributed by atoms with Crippen LogP contribution in [0.5, 0.6) is 0 Å². The maximum atomic E-state index is 14.6. The van der Waals surface area contributed by atoms with E-state index in [9.17, 15) is 12.8 Å². The molecule has 224 valence electrons. The third-order valence-corrected chi connectivity index (χ3v) is 8.63. The van der Waals surface area contributed by atoms with Gasteiger partial charge in [-0.3, -0.25) is 20.0 Å². The molecule has 0 amide bonds. The second-order valence-electron chi connectivity index (χ2n) is 11.4. The minimum atomic E-state index is -3.43. The Morgan fingerprint density at radius 2 is 1.73 bits per heavy atom. The van der Waals surface area contributed by atoms with Gasteiger partial charge in [0.15, 0.2) is 0 Å². The summed E-state index contributed by atoms with van der Waals surface area (Å²) < 4.78 is 40.2. The summed E-state index contributed by atoms with van der Waals surface area (Å²) in [7, 11) is -3.43. The van der Waals surface area contributed by atoms with Crippen LogP contribution in [0.1, 0.15) is 30.4 Å². The predicted molar refractivity (Wildman–Crippen MR) is 168 cm³/mol. The Morgan fingerprint density at radius 1 is 0.909 bits per heavy atom. The third-order valence-electron chi connectivity index (χ3n) is 7.96. The lowest BCUT2D eigenvalue weighted by Crippen LogP contribution is -2.29. The largest absolute Gasteiger partial charge is 0.352 e. The number of hydrogen-bond donors (Lipinski definition) is 3. The van der Waals surface area contributed by atoms with Gasteiger partial charge in [0.05, 0.1) is 34.9 Å². The monoisotopic (exact) mass is 610 g/mol. The Balaban J connectivity index is 1.23. The molecule has 12 heteroatoms. The Morgan fingerprint density at radius 3 is 2.57 bits per heavy atom. The molecule has 5 aromatic heterocycles. The number of aromatic nitrogens is 6. The van der Waals surface area contributed by atoms with Gasteiger partial charge in [-0.15, -0.1) is 0 Å². The molecule has 3 N–H and O–H groups in total. The molecule has 0 saturated carbocycles. The van der Waals surface area contributed by atoms with E-state index in [-0.39, 0.29) is 6.54 Å². The molecule has 1 aromatic carbocycles. The van der Waals surface area contributed by atoms with Crippen molar-refractivity contribution in [2.24, 2.45) is 0 Å². The number of rotatable bonds is 8. The smallest absolute Gasteiger partial charge is 0.209 e. The Kier molecular flexibility index (Phi) is 7.40. The predicted octanol–water partition coefficient (Wildman–Crippen LogP) is 5.40. The molecule has 0 aliphatic carbocycles. The molecule has 6 aromatic rings. The van der Waals surface area contributed by atoms with E-state index in [1.165, 1.54) is 37.0 Å². The fourth-order valence-corrected chi connectivity index (χ4v) is 6.30. The number of likely N-dealkylation sites (tertiary alicyclic amines) is 1. The van der Waals surface area contributed by atoms with E-state index in [0.717, 1.165) is 59.3 Å². The minimum Gasteiger partial charge on any atom is -0.352 e. The molecule has 1 saturated heterocycles. The molecule has 10 nitrogen and oxygen atoms in total. The van der Waals surface area contributed by atoms with Crippen LogP contribution in [-0.2, 0) is 23.1 Å². The number of H-pyrrole nitrogens is 2. The molecule has 0 atom stereocenters. The summed E-state index contributed by atoms with van der Waals surface area (Å²) in [6, 6.07) is 12.6. The lowest BCUT2D eigenvalue weighted by molar-refractivity contribution is 0.220. The number of fused-ring (bicyclic) bond motifs is 2. The van der Waals surface area contributed by atoms with E-state index in [4.69, 9.17) is 4.98 Å². The first-order valence-electron chi connectivity index (χ1n) is 14.5. The highest BCUT2D eigenvalue weighted by molar-refractivity contribution is 7.88. The van der Waals surface area contributed by atoms with Crippen molar-refractivity contribution in [3.8, 4) is 33.8 Å². The van der Waals surface area contributed by atoms with Gasteiger partial charge in [-0.2, -0.15) is 5.10 Å². The molecular formula is C32H31FN8O2S. The zero-order chi connectivity index (χ0) is 30.3. The van der Waals surface area contributed by atoms with Crippen molar-refractivity contribution in [3.05, 3.63) is 84.2 Å². The number of hydrogen-bond acceptors (Lipinski definition) is 7. The number of nitrogens with zero attached hydrogens (tertiary/aromatic N) is 5. The quantitative estimate of drug-likeness (QED) is 0.210.